The molecule has 0 spiro atoms. The number of benzene rings is 1. The molecule has 0 radical (unpaired) electrons. The standard InChI is InChI=1S/C27H38N4O8/c1-6-15(2)22(31-26(38)39-27(3,4)5)24(35)29-19(11-12-21(32)33)23(34)30-20(25(36)37)13-16-14-28-18-10-8-7-9-17(16)18/h7-10,14-15,19-20,22,28H,6,11-13H2,1-5H3,(H,29,35)(H,30,34)(H,31,38)(H,32,33)(H,36,37)/t15-,19-,20-,22-/m0/s1. The quantitative estimate of drug-likeness (QED) is 0.221. The molecule has 0 saturated heterocycles. The van der Waals surface area contributed by atoms with E-state index in [0.717, 1.165) is 10.9 Å². The number of alkyl carbamates (subject to hydrolysis) is 1. The predicted molar refractivity (Wildman–Crippen MR) is 143 cm³/mol. The zero-order valence-electron chi connectivity index (χ0n) is 22.9. The summed E-state index contributed by atoms with van der Waals surface area (Å²) in [6, 6.07) is 3.53. The van der Waals surface area contributed by atoms with Crippen molar-refractivity contribution in [1.29, 1.82) is 0 Å². The number of hydrogen-bond acceptors (Lipinski definition) is 6. The lowest BCUT2D eigenvalue weighted by Gasteiger charge is -2.28. The van der Waals surface area contributed by atoms with Crippen LogP contribution < -0.4 is 16.0 Å². The lowest BCUT2D eigenvalue weighted by atomic mass is 9.97. The minimum atomic E-state index is -1.36. The van der Waals surface area contributed by atoms with Crippen molar-refractivity contribution >= 4 is 40.7 Å². The normalized spacial score (nSPS) is 14.5. The molecule has 0 aliphatic heterocycles. The first-order valence-electron chi connectivity index (χ1n) is 12.8. The third kappa shape index (κ3) is 9.62. The van der Waals surface area contributed by atoms with Crippen molar-refractivity contribution in [3.05, 3.63) is 36.0 Å². The molecule has 12 nitrogen and oxygen atoms in total. The van der Waals surface area contributed by atoms with E-state index >= 15 is 0 Å². The first-order valence-corrected chi connectivity index (χ1v) is 12.8. The molecule has 0 aliphatic carbocycles. The highest BCUT2D eigenvalue weighted by atomic mass is 16.6. The Kier molecular flexibility index (Phi) is 10.9. The van der Waals surface area contributed by atoms with Crippen LogP contribution >= 0.6 is 0 Å². The molecule has 0 fully saturated rings. The maximum Gasteiger partial charge on any atom is 0.408 e. The third-order valence-electron chi connectivity index (χ3n) is 6.16. The molecule has 2 rings (SSSR count). The van der Waals surface area contributed by atoms with Crippen molar-refractivity contribution in [3.8, 4) is 0 Å². The number of fused-ring (bicyclic) bond motifs is 1. The van der Waals surface area contributed by atoms with Crippen LogP contribution in [0.4, 0.5) is 4.79 Å². The fourth-order valence-electron chi connectivity index (χ4n) is 3.93. The van der Waals surface area contributed by atoms with Gasteiger partial charge in [-0.3, -0.25) is 14.4 Å². The number of amides is 3. The molecule has 2 aromatic rings. The second-order valence-electron chi connectivity index (χ2n) is 10.5. The Bertz CT molecular complexity index is 1190. The maximum absolute atomic E-state index is 13.2. The molecule has 0 aliphatic rings. The fourth-order valence-corrected chi connectivity index (χ4v) is 3.93. The van der Waals surface area contributed by atoms with E-state index in [2.05, 4.69) is 20.9 Å². The van der Waals surface area contributed by atoms with Crippen LogP contribution in [0.25, 0.3) is 10.9 Å². The van der Waals surface area contributed by atoms with Gasteiger partial charge in [0.25, 0.3) is 0 Å². The topological polar surface area (TPSA) is 187 Å². The fraction of sp³-hybridized carbons (Fsp3) is 0.519. The van der Waals surface area contributed by atoms with Gasteiger partial charge in [-0.25, -0.2) is 9.59 Å². The molecule has 214 valence electrons. The van der Waals surface area contributed by atoms with Gasteiger partial charge >= 0.3 is 18.0 Å². The van der Waals surface area contributed by atoms with Crippen LogP contribution in [0.15, 0.2) is 30.5 Å². The summed E-state index contributed by atoms with van der Waals surface area (Å²) in [5.41, 5.74) is 0.673. The molecule has 0 unspecified atom stereocenters. The van der Waals surface area contributed by atoms with Crippen molar-refractivity contribution in [2.24, 2.45) is 5.92 Å². The largest absolute Gasteiger partial charge is 0.481 e. The number of H-pyrrole nitrogens is 1. The minimum absolute atomic E-state index is 0.0413. The van der Waals surface area contributed by atoms with Gasteiger partial charge in [0, 0.05) is 29.9 Å². The van der Waals surface area contributed by atoms with Crippen molar-refractivity contribution in [2.75, 3.05) is 0 Å². The van der Waals surface area contributed by atoms with E-state index in [1.54, 1.807) is 33.9 Å². The van der Waals surface area contributed by atoms with E-state index in [4.69, 9.17) is 9.84 Å². The lowest BCUT2D eigenvalue weighted by molar-refractivity contribution is -0.143. The summed E-state index contributed by atoms with van der Waals surface area (Å²) in [4.78, 5) is 65.0. The number of aromatic nitrogens is 1. The second-order valence-corrected chi connectivity index (χ2v) is 10.5. The van der Waals surface area contributed by atoms with Crippen LogP contribution in [0.5, 0.6) is 0 Å². The average Bonchev–Trinajstić information content (AvgIpc) is 3.25. The number of carbonyl (C=O) groups is 5. The van der Waals surface area contributed by atoms with E-state index in [0.29, 0.717) is 12.0 Å². The van der Waals surface area contributed by atoms with E-state index in [-0.39, 0.29) is 18.8 Å². The number of carboxylic acid groups (broad SMARTS) is 2. The van der Waals surface area contributed by atoms with Crippen LogP contribution in [0.2, 0.25) is 0 Å². The van der Waals surface area contributed by atoms with Crippen LogP contribution in [-0.4, -0.2) is 68.8 Å². The van der Waals surface area contributed by atoms with Crippen LogP contribution in [-0.2, 0) is 30.3 Å². The van der Waals surface area contributed by atoms with Gasteiger partial charge in [-0.1, -0.05) is 38.5 Å². The molecule has 1 heterocycles. The Morgan fingerprint density at radius 3 is 2.21 bits per heavy atom. The molecule has 1 aromatic heterocycles. The molecule has 3 amide bonds. The Morgan fingerprint density at radius 2 is 1.62 bits per heavy atom. The summed E-state index contributed by atoms with van der Waals surface area (Å²) >= 11 is 0. The molecular weight excluding hydrogens is 508 g/mol. The van der Waals surface area contributed by atoms with Gasteiger partial charge in [0.2, 0.25) is 11.8 Å². The SMILES string of the molecule is CC[C@H](C)[C@H](NC(=O)OC(C)(C)C)C(=O)N[C@@H](CCC(=O)O)C(=O)N[C@@H](Cc1c[nH]c2ccccc12)C(=O)O. The predicted octanol–water partition coefficient (Wildman–Crippen LogP) is 2.57. The summed E-state index contributed by atoms with van der Waals surface area (Å²) in [7, 11) is 0. The van der Waals surface area contributed by atoms with Gasteiger partial charge < -0.3 is 35.9 Å². The molecule has 39 heavy (non-hydrogen) atoms. The van der Waals surface area contributed by atoms with Gasteiger partial charge in [0.05, 0.1) is 0 Å². The van der Waals surface area contributed by atoms with E-state index < -0.39 is 60.0 Å². The van der Waals surface area contributed by atoms with Crippen molar-refractivity contribution in [2.45, 2.75) is 84.0 Å². The van der Waals surface area contributed by atoms with Crippen molar-refractivity contribution < 1.29 is 38.9 Å². The van der Waals surface area contributed by atoms with Gasteiger partial charge in [0.1, 0.15) is 23.7 Å². The Balaban J connectivity index is 2.21. The number of aliphatic carboxylic acids is 2. The van der Waals surface area contributed by atoms with E-state index in [9.17, 15) is 29.1 Å². The van der Waals surface area contributed by atoms with Crippen LogP contribution in [0, 0.1) is 5.92 Å². The second kappa shape index (κ2) is 13.6. The molecule has 6 N–H and O–H groups in total. The number of hydrogen-bond donors (Lipinski definition) is 6. The highest BCUT2D eigenvalue weighted by Crippen LogP contribution is 2.19. The summed E-state index contributed by atoms with van der Waals surface area (Å²) < 4.78 is 5.25. The first kappa shape index (κ1) is 31.1. The molecule has 0 bridgehead atoms. The lowest BCUT2D eigenvalue weighted by Crippen LogP contribution is -2.57. The summed E-state index contributed by atoms with van der Waals surface area (Å²) in [5, 5.41) is 27.2. The van der Waals surface area contributed by atoms with E-state index in [1.165, 1.54) is 0 Å². The monoisotopic (exact) mass is 546 g/mol. The number of para-hydroxylation sites is 1. The summed E-state index contributed by atoms with van der Waals surface area (Å²) in [6.07, 6.45) is 0.568. The Labute approximate surface area is 226 Å². The van der Waals surface area contributed by atoms with Gasteiger partial charge in [0.15, 0.2) is 0 Å². The Morgan fingerprint density at radius 1 is 0.974 bits per heavy atom. The molecular formula is C27H38N4O8. The Hall–Kier alpha value is -4.09. The highest BCUT2D eigenvalue weighted by molar-refractivity contribution is 5.93. The maximum atomic E-state index is 13.2. The number of carboxylic acids is 2. The van der Waals surface area contributed by atoms with Gasteiger partial charge in [-0.15, -0.1) is 0 Å². The molecule has 1 aromatic carbocycles. The highest BCUT2D eigenvalue weighted by Gasteiger charge is 2.33. The van der Waals surface area contributed by atoms with Gasteiger partial charge in [-0.05, 0) is 44.7 Å². The average molecular weight is 547 g/mol. The number of carbonyl (C=O) groups excluding carboxylic acids is 3. The van der Waals surface area contributed by atoms with Crippen molar-refractivity contribution in [3.63, 3.8) is 0 Å². The molecule has 12 heteroatoms. The number of aromatic amines is 1. The summed E-state index contributed by atoms with van der Waals surface area (Å²) in [6.45, 7) is 8.57. The first-order chi connectivity index (χ1) is 18.2. The minimum Gasteiger partial charge on any atom is -0.481 e. The number of ether oxygens (including phenoxy) is 1. The van der Waals surface area contributed by atoms with Gasteiger partial charge in [-0.2, -0.15) is 0 Å². The zero-order valence-corrected chi connectivity index (χ0v) is 22.9. The number of rotatable bonds is 13. The van der Waals surface area contributed by atoms with Crippen LogP contribution in [0.1, 0.15) is 59.4 Å². The summed E-state index contributed by atoms with van der Waals surface area (Å²) in [5.74, 6) is -4.40. The number of nitrogens with one attached hydrogen (secondary N) is 4. The third-order valence-corrected chi connectivity index (χ3v) is 6.16. The molecule has 0 saturated carbocycles. The van der Waals surface area contributed by atoms with Crippen LogP contribution in [0.3, 0.4) is 0 Å². The van der Waals surface area contributed by atoms with Crippen molar-refractivity contribution in [1.82, 2.24) is 20.9 Å². The zero-order chi connectivity index (χ0) is 29.3. The molecule has 4 atom stereocenters. The van der Waals surface area contributed by atoms with E-state index in [1.807, 2.05) is 31.2 Å². The smallest absolute Gasteiger partial charge is 0.408 e.